The van der Waals surface area contributed by atoms with Crippen LogP contribution < -0.4 is 10.1 Å². The molecule has 1 heterocycles. The summed E-state index contributed by atoms with van der Waals surface area (Å²) in [4.78, 5) is 25.5. The molecule has 1 amide bonds. The van der Waals surface area contributed by atoms with Gasteiger partial charge in [-0.1, -0.05) is 73.2 Å². The molecule has 3 aromatic carbocycles. The zero-order valence-electron chi connectivity index (χ0n) is 21.8. The Morgan fingerprint density at radius 2 is 1.58 bits per heavy atom. The first-order valence-electron chi connectivity index (χ1n) is 12.6. The lowest BCUT2D eigenvalue weighted by Gasteiger charge is -2.08. The number of carbonyl (C=O) groups excluding carboxylic acids is 2. The average molecular weight is 526 g/mol. The van der Waals surface area contributed by atoms with Crippen molar-refractivity contribution in [3.05, 3.63) is 112 Å². The molecule has 0 saturated carbocycles. The Balaban J connectivity index is 1.42. The molecule has 0 aliphatic heterocycles. The molecule has 0 saturated heterocycles. The van der Waals surface area contributed by atoms with E-state index in [0.29, 0.717) is 17.2 Å². The summed E-state index contributed by atoms with van der Waals surface area (Å²) in [6.45, 7) is 6.66. The lowest BCUT2D eigenvalue weighted by molar-refractivity contribution is -0.111. The van der Waals surface area contributed by atoms with E-state index in [1.54, 1.807) is 13.0 Å². The maximum atomic E-state index is 12.8. The van der Waals surface area contributed by atoms with Gasteiger partial charge in [0.25, 0.3) is 0 Å². The molecule has 0 unspecified atom stereocenters. The fourth-order valence-corrected chi connectivity index (χ4v) is 4.80. The van der Waals surface area contributed by atoms with Crippen LogP contribution in [0.3, 0.4) is 0 Å². The zero-order chi connectivity index (χ0) is 26.9. The third-order valence-electron chi connectivity index (χ3n) is 6.01. The van der Waals surface area contributed by atoms with Gasteiger partial charge in [0.15, 0.2) is 0 Å². The molecule has 194 valence electrons. The van der Waals surface area contributed by atoms with Crippen molar-refractivity contribution < 1.29 is 19.1 Å². The average Bonchev–Trinajstić information content (AvgIpc) is 3.35. The van der Waals surface area contributed by atoms with Crippen molar-refractivity contribution in [3.8, 4) is 16.9 Å². The SMILES string of the molecule is CCOC(=O)c1c(-c2ccc(CC)cc2)csc1NC(=O)/C=C/c1ccc(OCc2ccc(C)cc2)cc1. The molecule has 0 bridgehead atoms. The summed E-state index contributed by atoms with van der Waals surface area (Å²) in [5.41, 5.74) is 6.42. The molecule has 1 N–H and O–H groups in total. The number of hydrogen-bond donors (Lipinski definition) is 1. The topological polar surface area (TPSA) is 64.6 Å². The maximum absolute atomic E-state index is 12.8. The van der Waals surface area contributed by atoms with Crippen LogP contribution in [0.15, 0.2) is 84.3 Å². The van der Waals surface area contributed by atoms with E-state index < -0.39 is 5.97 Å². The molecule has 5 nitrogen and oxygen atoms in total. The Morgan fingerprint density at radius 1 is 0.895 bits per heavy atom. The minimum absolute atomic E-state index is 0.251. The highest BCUT2D eigenvalue weighted by molar-refractivity contribution is 7.15. The molecule has 0 radical (unpaired) electrons. The Labute approximate surface area is 227 Å². The Morgan fingerprint density at radius 3 is 2.24 bits per heavy atom. The fraction of sp³-hybridized carbons (Fsp3) is 0.188. The van der Waals surface area contributed by atoms with E-state index in [2.05, 4.69) is 43.4 Å². The molecule has 0 fully saturated rings. The lowest BCUT2D eigenvalue weighted by Crippen LogP contribution is -2.12. The largest absolute Gasteiger partial charge is 0.489 e. The van der Waals surface area contributed by atoms with Gasteiger partial charge in [0, 0.05) is 17.0 Å². The summed E-state index contributed by atoms with van der Waals surface area (Å²) in [6.07, 6.45) is 4.11. The summed E-state index contributed by atoms with van der Waals surface area (Å²) in [7, 11) is 0. The molecular formula is C32H31NO4S. The summed E-state index contributed by atoms with van der Waals surface area (Å²) < 4.78 is 11.1. The van der Waals surface area contributed by atoms with Crippen LogP contribution in [-0.2, 0) is 22.6 Å². The highest BCUT2D eigenvalue weighted by atomic mass is 32.1. The van der Waals surface area contributed by atoms with Crippen LogP contribution in [0.4, 0.5) is 5.00 Å². The van der Waals surface area contributed by atoms with Gasteiger partial charge in [0.05, 0.1) is 6.61 Å². The van der Waals surface area contributed by atoms with Crippen molar-refractivity contribution in [3.63, 3.8) is 0 Å². The van der Waals surface area contributed by atoms with Gasteiger partial charge in [-0.2, -0.15) is 0 Å². The third-order valence-corrected chi connectivity index (χ3v) is 6.91. The highest BCUT2D eigenvalue weighted by Crippen LogP contribution is 2.36. The predicted molar refractivity (Wildman–Crippen MR) is 155 cm³/mol. The smallest absolute Gasteiger partial charge is 0.341 e. The van der Waals surface area contributed by atoms with E-state index in [1.807, 2.05) is 53.9 Å². The number of hydrogen-bond acceptors (Lipinski definition) is 5. The van der Waals surface area contributed by atoms with E-state index in [-0.39, 0.29) is 12.5 Å². The number of amides is 1. The quantitative estimate of drug-likeness (QED) is 0.170. The van der Waals surface area contributed by atoms with Crippen molar-refractivity contribution in [1.29, 1.82) is 0 Å². The Hall–Kier alpha value is -4.16. The second-order valence-corrected chi connectivity index (χ2v) is 9.67. The number of ether oxygens (including phenoxy) is 2. The van der Waals surface area contributed by atoms with Gasteiger partial charge in [0.2, 0.25) is 5.91 Å². The van der Waals surface area contributed by atoms with Gasteiger partial charge >= 0.3 is 5.97 Å². The van der Waals surface area contributed by atoms with Crippen molar-refractivity contribution in [2.24, 2.45) is 0 Å². The molecule has 0 aliphatic rings. The number of nitrogens with one attached hydrogen (secondary N) is 1. The normalized spacial score (nSPS) is 10.9. The van der Waals surface area contributed by atoms with Gasteiger partial charge in [0.1, 0.15) is 22.9 Å². The van der Waals surface area contributed by atoms with Gasteiger partial charge in [-0.15, -0.1) is 11.3 Å². The number of rotatable bonds is 10. The number of esters is 1. The van der Waals surface area contributed by atoms with Crippen molar-refractivity contribution in [2.75, 3.05) is 11.9 Å². The van der Waals surface area contributed by atoms with Crippen LogP contribution >= 0.6 is 11.3 Å². The van der Waals surface area contributed by atoms with Gasteiger partial charge < -0.3 is 14.8 Å². The van der Waals surface area contributed by atoms with E-state index in [4.69, 9.17) is 9.47 Å². The second kappa shape index (κ2) is 12.9. The first-order valence-corrected chi connectivity index (χ1v) is 13.5. The molecule has 4 aromatic rings. The summed E-state index contributed by atoms with van der Waals surface area (Å²) in [5.74, 6) is -0.0295. The Kier molecular flexibility index (Phi) is 9.11. The van der Waals surface area contributed by atoms with Gasteiger partial charge in [-0.05, 0) is 60.7 Å². The third kappa shape index (κ3) is 6.99. The lowest BCUT2D eigenvalue weighted by atomic mass is 10.0. The van der Waals surface area contributed by atoms with Crippen LogP contribution in [0.25, 0.3) is 17.2 Å². The van der Waals surface area contributed by atoms with Crippen LogP contribution in [-0.4, -0.2) is 18.5 Å². The highest BCUT2D eigenvalue weighted by Gasteiger charge is 2.22. The van der Waals surface area contributed by atoms with E-state index in [0.717, 1.165) is 34.4 Å². The van der Waals surface area contributed by atoms with Crippen molar-refractivity contribution >= 4 is 34.3 Å². The molecule has 0 spiro atoms. The molecular weight excluding hydrogens is 494 g/mol. The summed E-state index contributed by atoms with van der Waals surface area (Å²) >= 11 is 1.31. The van der Waals surface area contributed by atoms with Crippen LogP contribution in [0.2, 0.25) is 0 Å². The minimum Gasteiger partial charge on any atom is -0.489 e. The van der Waals surface area contributed by atoms with Gasteiger partial charge in [-0.25, -0.2) is 4.79 Å². The number of aryl methyl sites for hydroxylation is 2. The number of thiophene rings is 1. The maximum Gasteiger partial charge on any atom is 0.341 e. The molecule has 4 rings (SSSR count). The van der Waals surface area contributed by atoms with E-state index >= 15 is 0 Å². The Bertz CT molecular complexity index is 1400. The molecule has 1 aromatic heterocycles. The van der Waals surface area contributed by atoms with Gasteiger partial charge in [-0.3, -0.25) is 4.79 Å². The van der Waals surface area contributed by atoms with Crippen molar-refractivity contribution in [1.82, 2.24) is 0 Å². The fourth-order valence-electron chi connectivity index (χ4n) is 3.84. The predicted octanol–water partition coefficient (Wildman–Crippen LogP) is 7.69. The van der Waals surface area contributed by atoms with Crippen LogP contribution in [0.5, 0.6) is 5.75 Å². The molecule has 38 heavy (non-hydrogen) atoms. The first kappa shape index (κ1) is 26.9. The van der Waals surface area contributed by atoms with Crippen LogP contribution in [0.1, 0.15) is 46.5 Å². The summed E-state index contributed by atoms with van der Waals surface area (Å²) in [5, 5.41) is 5.20. The number of anilines is 1. The second-order valence-electron chi connectivity index (χ2n) is 8.79. The van der Waals surface area contributed by atoms with Crippen LogP contribution in [0, 0.1) is 6.92 Å². The van der Waals surface area contributed by atoms with E-state index in [1.165, 1.54) is 28.5 Å². The van der Waals surface area contributed by atoms with E-state index in [9.17, 15) is 9.59 Å². The molecule has 6 heteroatoms. The minimum atomic E-state index is -0.455. The number of benzene rings is 3. The first-order chi connectivity index (χ1) is 18.5. The standard InChI is InChI=1S/C32H31NO4S/c1-4-23-10-15-26(16-11-23)28-21-38-31(30(28)32(35)36-5-2)33-29(34)19-14-24-12-17-27(18-13-24)37-20-25-8-6-22(3)7-9-25/h6-19,21H,4-5,20H2,1-3H3,(H,33,34)/b19-14+. The monoisotopic (exact) mass is 525 g/mol. The number of carbonyl (C=O) groups is 2. The van der Waals surface area contributed by atoms with Crippen molar-refractivity contribution in [2.45, 2.75) is 33.8 Å². The summed E-state index contributed by atoms with van der Waals surface area (Å²) in [6, 6.07) is 23.8. The molecule has 0 aliphatic carbocycles. The molecule has 0 atom stereocenters. The zero-order valence-corrected chi connectivity index (χ0v) is 22.6.